The molecule has 144 valence electrons. The summed E-state index contributed by atoms with van der Waals surface area (Å²) in [6, 6.07) is 6.18. The summed E-state index contributed by atoms with van der Waals surface area (Å²) in [5, 5.41) is 9.30. The first-order valence-electron chi connectivity index (χ1n) is 9.62. The normalized spacial score (nSPS) is 30.1. The van der Waals surface area contributed by atoms with Gasteiger partial charge in [-0.1, -0.05) is 12.1 Å². The molecule has 1 fully saturated rings. The van der Waals surface area contributed by atoms with E-state index in [0.717, 1.165) is 36.1 Å². The van der Waals surface area contributed by atoms with Crippen LogP contribution in [0.25, 0.3) is 0 Å². The number of aryl methyl sites for hydroxylation is 1. The van der Waals surface area contributed by atoms with Gasteiger partial charge in [0.05, 0.1) is 19.3 Å². The number of carbonyl (C=O) groups is 1. The third kappa shape index (κ3) is 3.89. The van der Waals surface area contributed by atoms with Crippen molar-refractivity contribution in [3.05, 3.63) is 29.3 Å². The third-order valence-electron chi connectivity index (χ3n) is 5.82. The number of benzene rings is 1. The molecule has 0 aliphatic carbocycles. The molecule has 1 N–H and O–H groups in total. The van der Waals surface area contributed by atoms with Gasteiger partial charge in [0.1, 0.15) is 11.4 Å². The van der Waals surface area contributed by atoms with Crippen LogP contribution in [-0.4, -0.2) is 36.5 Å². The van der Waals surface area contributed by atoms with Crippen molar-refractivity contribution >= 4 is 5.97 Å². The van der Waals surface area contributed by atoms with Crippen LogP contribution in [0.4, 0.5) is 0 Å². The van der Waals surface area contributed by atoms with E-state index in [1.807, 2.05) is 6.07 Å². The Morgan fingerprint density at radius 1 is 1.38 bits per heavy atom. The molecule has 1 aromatic carbocycles. The highest BCUT2D eigenvalue weighted by Crippen LogP contribution is 2.52. The van der Waals surface area contributed by atoms with Crippen molar-refractivity contribution in [3.8, 4) is 5.75 Å². The van der Waals surface area contributed by atoms with Crippen LogP contribution in [0.3, 0.4) is 0 Å². The number of rotatable bonds is 6. The first kappa shape index (κ1) is 19.2. The van der Waals surface area contributed by atoms with Gasteiger partial charge in [-0.05, 0) is 57.6 Å². The summed E-state index contributed by atoms with van der Waals surface area (Å²) in [4.78, 5) is 11.4. The number of fused-ring (bicyclic) bond motifs is 3. The van der Waals surface area contributed by atoms with Gasteiger partial charge in [0.2, 0.25) is 0 Å². The third-order valence-corrected chi connectivity index (χ3v) is 5.82. The molecule has 0 aromatic heterocycles. The Balaban J connectivity index is 1.88. The SMILES string of the molecule is COC(=O)CCc1ccc2c(c1)O[C@@](C)(CCCO)[C@@H]1CC[C@@H](C)O[C@@H]21. The molecular weight excluding hydrogens is 332 g/mol. The zero-order chi connectivity index (χ0) is 18.7. The fraction of sp³-hybridized carbons (Fsp3) is 0.667. The largest absolute Gasteiger partial charge is 0.487 e. The highest BCUT2D eigenvalue weighted by atomic mass is 16.5. The van der Waals surface area contributed by atoms with Crippen LogP contribution in [0.15, 0.2) is 18.2 Å². The molecule has 0 bridgehead atoms. The molecule has 3 rings (SSSR count). The van der Waals surface area contributed by atoms with Gasteiger partial charge in [-0.3, -0.25) is 4.79 Å². The van der Waals surface area contributed by atoms with E-state index in [9.17, 15) is 9.90 Å². The second-order valence-electron chi connectivity index (χ2n) is 7.74. The predicted molar refractivity (Wildman–Crippen MR) is 98.1 cm³/mol. The molecule has 2 aliphatic heterocycles. The molecule has 5 heteroatoms. The number of ether oxygens (including phenoxy) is 3. The molecule has 0 spiro atoms. The smallest absolute Gasteiger partial charge is 0.305 e. The second-order valence-corrected chi connectivity index (χ2v) is 7.74. The minimum atomic E-state index is -0.346. The Hall–Kier alpha value is -1.59. The average Bonchev–Trinajstić information content (AvgIpc) is 2.64. The first-order valence-corrected chi connectivity index (χ1v) is 9.62. The Labute approximate surface area is 155 Å². The monoisotopic (exact) mass is 362 g/mol. The van der Waals surface area contributed by atoms with Gasteiger partial charge in [-0.25, -0.2) is 0 Å². The van der Waals surface area contributed by atoms with E-state index in [1.54, 1.807) is 0 Å². The van der Waals surface area contributed by atoms with Gasteiger partial charge in [0.15, 0.2) is 0 Å². The van der Waals surface area contributed by atoms with Crippen molar-refractivity contribution < 1.29 is 24.1 Å². The second kappa shape index (κ2) is 7.97. The van der Waals surface area contributed by atoms with Crippen LogP contribution >= 0.6 is 0 Å². The van der Waals surface area contributed by atoms with Crippen molar-refractivity contribution in [2.24, 2.45) is 5.92 Å². The van der Waals surface area contributed by atoms with Crippen molar-refractivity contribution in [2.75, 3.05) is 13.7 Å². The van der Waals surface area contributed by atoms with E-state index in [0.29, 0.717) is 25.2 Å². The van der Waals surface area contributed by atoms with Crippen molar-refractivity contribution in [1.82, 2.24) is 0 Å². The molecule has 1 aromatic rings. The van der Waals surface area contributed by atoms with Crippen LogP contribution in [-0.2, 0) is 20.7 Å². The van der Waals surface area contributed by atoms with E-state index in [-0.39, 0.29) is 30.4 Å². The van der Waals surface area contributed by atoms with Crippen molar-refractivity contribution in [1.29, 1.82) is 0 Å². The van der Waals surface area contributed by atoms with E-state index in [1.165, 1.54) is 7.11 Å². The predicted octanol–water partition coefficient (Wildman–Crippen LogP) is 3.57. The summed E-state index contributed by atoms with van der Waals surface area (Å²) in [5.74, 6) is 0.933. The molecule has 2 heterocycles. The number of hydrogen-bond acceptors (Lipinski definition) is 5. The topological polar surface area (TPSA) is 65.0 Å². The minimum absolute atomic E-state index is 0.0286. The van der Waals surface area contributed by atoms with Gasteiger partial charge in [-0.15, -0.1) is 0 Å². The number of carbonyl (C=O) groups excluding carboxylic acids is 1. The number of aliphatic hydroxyl groups excluding tert-OH is 1. The Morgan fingerprint density at radius 3 is 2.92 bits per heavy atom. The summed E-state index contributed by atoms with van der Waals surface area (Å²) >= 11 is 0. The van der Waals surface area contributed by atoms with Crippen molar-refractivity contribution in [3.63, 3.8) is 0 Å². The Bertz CT molecular complexity index is 643. The maximum absolute atomic E-state index is 11.4. The average molecular weight is 362 g/mol. The molecular formula is C21H30O5. The molecule has 0 amide bonds. The molecule has 5 nitrogen and oxygen atoms in total. The van der Waals surface area contributed by atoms with E-state index in [2.05, 4.69) is 26.0 Å². The van der Waals surface area contributed by atoms with E-state index < -0.39 is 0 Å². The number of methoxy groups -OCH3 is 1. The molecule has 4 atom stereocenters. The Morgan fingerprint density at radius 2 is 2.19 bits per heavy atom. The van der Waals surface area contributed by atoms with Crippen molar-refractivity contribution in [2.45, 2.75) is 70.2 Å². The summed E-state index contributed by atoms with van der Waals surface area (Å²) in [6.07, 6.45) is 4.87. The standard InChI is InChI=1S/C21H30O5/c1-14-5-9-17-20(25-14)16-8-6-15(7-10-19(23)24-3)13-18(16)26-21(17,2)11-4-12-22/h6,8,13-14,17,20,22H,4-5,7,9-12H2,1-3H3/t14-,17-,20+,21+/m1/s1. The molecule has 0 saturated carbocycles. The van der Waals surface area contributed by atoms with Gasteiger partial charge >= 0.3 is 5.97 Å². The van der Waals surface area contributed by atoms with Gasteiger partial charge in [0.25, 0.3) is 0 Å². The molecule has 2 aliphatic rings. The maximum atomic E-state index is 11.4. The molecule has 26 heavy (non-hydrogen) atoms. The lowest BCUT2D eigenvalue weighted by atomic mass is 9.72. The van der Waals surface area contributed by atoms with Crippen LogP contribution in [0, 0.1) is 5.92 Å². The van der Waals surface area contributed by atoms with Gasteiger partial charge in [-0.2, -0.15) is 0 Å². The Kier molecular flexibility index (Phi) is 5.88. The first-order chi connectivity index (χ1) is 12.5. The molecule has 0 unspecified atom stereocenters. The molecule has 0 radical (unpaired) electrons. The number of esters is 1. The zero-order valence-corrected chi connectivity index (χ0v) is 16.0. The summed E-state index contributed by atoms with van der Waals surface area (Å²) < 4.78 is 17.6. The van der Waals surface area contributed by atoms with Gasteiger partial charge < -0.3 is 19.3 Å². The summed E-state index contributed by atoms with van der Waals surface area (Å²) in [7, 11) is 1.41. The number of aliphatic hydroxyl groups is 1. The van der Waals surface area contributed by atoms with Crippen LogP contribution in [0.5, 0.6) is 5.75 Å². The maximum Gasteiger partial charge on any atom is 0.305 e. The molecule has 1 saturated heterocycles. The summed E-state index contributed by atoms with van der Waals surface area (Å²) in [5.41, 5.74) is 1.81. The minimum Gasteiger partial charge on any atom is -0.487 e. The van der Waals surface area contributed by atoms with E-state index >= 15 is 0 Å². The zero-order valence-electron chi connectivity index (χ0n) is 16.0. The summed E-state index contributed by atoms with van der Waals surface area (Å²) in [6.45, 7) is 4.44. The van der Waals surface area contributed by atoms with E-state index in [4.69, 9.17) is 14.2 Å². The highest BCUT2D eigenvalue weighted by Gasteiger charge is 2.49. The lowest BCUT2D eigenvalue weighted by Gasteiger charge is -2.50. The van der Waals surface area contributed by atoms with Crippen LogP contribution < -0.4 is 4.74 Å². The van der Waals surface area contributed by atoms with Crippen LogP contribution in [0.1, 0.15) is 63.2 Å². The quantitative estimate of drug-likeness (QED) is 0.784. The number of hydrogen-bond donors (Lipinski definition) is 1. The van der Waals surface area contributed by atoms with Gasteiger partial charge in [0, 0.05) is 24.5 Å². The fourth-order valence-electron chi connectivity index (χ4n) is 4.29. The fourth-order valence-corrected chi connectivity index (χ4v) is 4.29. The lowest BCUT2D eigenvalue weighted by molar-refractivity contribution is -0.153. The van der Waals surface area contributed by atoms with Crippen LogP contribution in [0.2, 0.25) is 0 Å². The highest BCUT2D eigenvalue weighted by molar-refractivity contribution is 5.69. The lowest BCUT2D eigenvalue weighted by Crippen LogP contribution is -2.50.